The molecule has 2 unspecified atom stereocenters. The summed E-state index contributed by atoms with van der Waals surface area (Å²) in [5.41, 5.74) is 5.06. The summed E-state index contributed by atoms with van der Waals surface area (Å²) in [6, 6.07) is -2.75. The quantitative estimate of drug-likeness (QED) is 0.489. The molecule has 2 rings (SSSR count). The van der Waals surface area contributed by atoms with Crippen molar-refractivity contribution in [2.45, 2.75) is 12.1 Å². The maximum Gasteiger partial charge on any atom is 0.418 e. The minimum absolute atomic E-state index is 0.0650. The summed E-state index contributed by atoms with van der Waals surface area (Å²) in [4.78, 5) is 24.2. The molecule has 106 valence electrons. The van der Waals surface area contributed by atoms with E-state index in [-0.39, 0.29) is 12.1 Å². The number of hydrogen-bond acceptors (Lipinski definition) is 6. The summed E-state index contributed by atoms with van der Waals surface area (Å²) in [7, 11) is -4.92. The second kappa shape index (κ2) is 4.45. The van der Waals surface area contributed by atoms with Crippen molar-refractivity contribution in [1.82, 2.24) is 9.96 Å². The third kappa shape index (κ3) is 2.40. The van der Waals surface area contributed by atoms with Crippen LogP contribution in [0.4, 0.5) is 4.79 Å². The molecule has 0 saturated carbocycles. The summed E-state index contributed by atoms with van der Waals surface area (Å²) < 4.78 is 34.1. The lowest BCUT2D eigenvalue weighted by Gasteiger charge is -2.26. The van der Waals surface area contributed by atoms with E-state index in [4.69, 9.17) is 15.4 Å². The highest BCUT2D eigenvalue weighted by atomic mass is 32.3. The first kappa shape index (κ1) is 13.7. The van der Waals surface area contributed by atoms with Gasteiger partial charge in [0.15, 0.2) is 0 Å². The predicted molar refractivity (Wildman–Crippen MR) is 58.5 cm³/mol. The van der Waals surface area contributed by atoms with Gasteiger partial charge in [-0.3, -0.25) is 9.35 Å². The fourth-order valence-corrected chi connectivity index (χ4v) is 2.46. The van der Waals surface area contributed by atoms with Gasteiger partial charge in [0.1, 0.15) is 6.04 Å². The van der Waals surface area contributed by atoms with Crippen LogP contribution in [-0.2, 0) is 19.5 Å². The molecule has 2 bridgehead atoms. The van der Waals surface area contributed by atoms with Gasteiger partial charge in [0.2, 0.25) is 5.91 Å². The predicted octanol–water partition coefficient (Wildman–Crippen LogP) is -2.39. The van der Waals surface area contributed by atoms with Crippen LogP contribution in [0.1, 0.15) is 0 Å². The van der Waals surface area contributed by atoms with Crippen LogP contribution in [0.5, 0.6) is 0 Å². The van der Waals surface area contributed by atoms with E-state index in [0.717, 1.165) is 4.90 Å². The first-order valence-corrected chi connectivity index (χ1v) is 6.50. The number of aliphatic hydroxyl groups excluding tert-OH is 1. The zero-order valence-corrected chi connectivity index (χ0v) is 10.3. The van der Waals surface area contributed by atoms with E-state index >= 15 is 0 Å². The lowest BCUT2D eigenvalue weighted by Crippen LogP contribution is -2.42. The number of fused-ring (bicyclic) bond motifs is 2. The first-order chi connectivity index (χ1) is 8.74. The molecule has 0 radical (unpaired) electrons. The monoisotopic (exact) mass is 293 g/mol. The van der Waals surface area contributed by atoms with Crippen molar-refractivity contribution in [3.8, 4) is 0 Å². The van der Waals surface area contributed by atoms with Crippen molar-refractivity contribution < 1.29 is 31.9 Å². The normalized spacial score (nSPS) is 26.6. The van der Waals surface area contributed by atoms with Crippen LogP contribution in [0, 0.1) is 0 Å². The molecule has 1 fully saturated rings. The molecule has 0 aromatic rings. The molecule has 0 aromatic heterocycles. The molecule has 2 aliphatic heterocycles. The lowest BCUT2D eigenvalue weighted by molar-refractivity contribution is -0.116. The number of nitrogens with zero attached hydrogens (tertiary/aromatic N) is 2. The van der Waals surface area contributed by atoms with E-state index in [2.05, 4.69) is 4.28 Å². The molecule has 0 aliphatic carbocycles. The number of primary amides is 1. The van der Waals surface area contributed by atoms with Gasteiger partial charge in [0, 0.05) is 5.57 Å². The van der Waals surface area contributed by atoms with Gasteiger partial charge in [-0.15, -0.1) is 4.28 Å². The number of aliphatic hydroxyl groups is 1. The van der Waals surface area contributed by atoms with Crippen LogP contribution in [0.3, 0.4) is 0 Å². The summed E-state index contributed by atoms with van der Waals surface area (Å²) in [5.74, 6) is -0.873. The summed E-state index contributed by atoms with van der Waals surface area (Å²) in [5, 5.41) is 9.48. The zero-order valence-electron chi connectivity index (χ0n) is 9.46. The van der Waals surface area contributed by atoms with Crippen LogP contribution in [-0.4, -0.2) is 65.2 Å². The number of carbonyl (C=O) groups is 2. The Morgan fingerprint density at radius 1 is 1.58 bits per heavy atom. The number of hydrogen-bond donors (Lipinski definition) is 3. The Bertz CT molecular complexity index is 557. The van der Waals surface area contributed by atoms with Crippen LogP contribution in [0.25, 0.3) is 0 Å². The second-order valence-electron chi connectivity index (χ2n) is 4.01. The first-order valence-electron chi connectivity index (χ1n) is 5.14. The molecular weight excluding hydrogens is 282 g/mol. The zero-order chi connectivity index (χ0) is 14.4. The maximum absolute atomic E-state index is 11.9. The Morgan fingerprint density at radius 2 is 2.21 bits per heavy atom. The van der Waals surface area contributed by atoms with Gasteiger partial charge in [-0.1, -0.05) is 0 Å². The molecule has 19 heavy (non-hydrogen) atoms. The van der Waals surface area contributed by atoms with E-state index in [9.17, 15) is 18.0 Å². The van der Waals surface area contributed by atoms with E-state index in [1.165, 1.54) is 6.08 Å². The third-order valence-electron chi connectivity index (χ3n) is 2.86. The van der Waals surface area contributed by atoms with Crippen LogP contribution in [0.15, 0.2) is 11.6 Å². The average Bonchev–Trinajstić information content (AvgIpc) is 2.54. The van der Waals surface area contributed by atoms with Crippen molar-refractivity contribution in [2.24, 2.45) is 5.73 Å². The molecule has 0 aromatic carbocycles. The molecule has 10 nitrogen and oxygen atoms in total. The summed E-state index contributed by atoms with van der Waals surface area (Å²) in [6.07, 6.45) is 1.27. The van der Waals surface area contributed by atoms with E-state index in [1.807, 2.05) is 0 Å². The van der Waals surface area contributed by atoms with Crippen molar-refractivity contribution >= 4 is 22.3 Å². The van der Waals surface area contributed by atoms with Gasteiger partial charge in [-0.25, -0.2) is 4.79 Å². The van der Waals surface area contributed by atoms with Gasteiger partial charge in [-0.05, 0) is 6.08 Å². The van der Waals surface area contributed by atoms with Gasteiger partial charge < -0.3 is 15.7 Å². The van der Waals surface area contributed by atoms with Gasteiger partial charge in [0.05, 0.1) is 19.2 Å². The van der Waals surface area contributed by atoms with Crippen LogP contribution >= 0.6 is 0 Å². The number of carbonyl (C=O) groups excluding carboxylic acids is 2. The van der Waals surface area contributed by atoms with Crippen molar-refractivity contribution in [2.75, 3.05) is 13.2 Å². The van der Waals surface area contributed by atoms with Gasteiger partial charge in [-0.2, -0.15) is 13.5 Å². The summed E-state index contributed by atoms with van der Waals surface area (Å²) >= 11 is 0. The topological polar surface area (TPSA) is 150 Å². The number of nitrogens with two attached hydrogens (primary N) is 1. The second-order valence-corrected chi connectivity index (χ2v) is 5.02. The smallest absolute Gasteiger partial charge is 0.394 e. The number of amides is 3. The third-order valence-corrected chi connectivity index (χ3v) is 3.21. The van der Waals surface area contributed by atoms with Crippen LogP contribution in [0.2, 0.25) is 0 Å². The van der Waals surface area contributed by atoms with Crippen LogP contribution < -0.4 is 5.73 Å². The van der Waals surface area contributed by atoms with Gasteiger partial charge in [0.25, 0.3) is 0 Å². The van der Waals surface area contributed by atoms with Crippen molar-refractivity contribution in [3.63, 3.8) is 0 Å². The van der Waals surface area contributed by atoms with E-state index < -0.39 is 41.0 Å². The molecule has 0 spiro atoms. The number of urea groups is 1. The highest BCUT2D eigenvalue weighted by Gasteiger charge is 2.49. The Hall–Kier alpha value is -1.69. The average molecular weight is 293 g/mol. The van der Waals surface area contributed by atoms with Crippen molar-refractivity contribution in [1.29, 1.82) is 0 Å². The molecule has 2 aliphatic rings. The Balaban J connectivity index is 2.39. The molecule has 11 heteroatoms. The van der Waals surface area contributed by atoms with E-state index in [0.29, 0.717) is 5.06 Å². The molecule has 2 atom stereocenters. The highest BCUT2D eigenvalue weighted by Crippen LogP contribution is 2.30. The summed E-state index contributed by atoms with van der Waals surface area (Å²) in [6.45, 7) is -0.538. The lowest BCUT2D eigenvalue weighted by atomic mass is 10.00. The van der Waals surface area contributed by atoms with Gasteiger partial charge >= 0.3 is 16.4 Å². The number of hydroxylamine groups is 2. The standard InChI is InChI=1S/C8H11N3O7S/c9-7(13)5-1-4(3-12)10-2-6(5)11(8(10)14)18-19(15,16)17/h1,4,6,12H,2-3H2,(H2,9,13)(H,15,16,17). The Kier molecular flexibility index (Phi) is 3.22. The molecular formula is C8H11N3O7S. The highest BCUT2D eigenvalue weighted by molar-refractivity contribution is 7.80. The SMILES string of the molecule is NC(=O)C1=CC(CO)N2CC1N(OS(=O)(=O)O)C2=O. The Morgan fingerprint density at radius 3 is 2.68 bits per heavy atom. The largest absolute Gasteiger partial charge is 0.418 e. The molecule has 1 saturated heterocycles. The van der Waals surface area contributed by atoms with E-state index in [1.54, 1.807) is 0 Å². The fraction of sp³-hybridized carbons (Fsp3) is 0.500. The maximum atomic E-state index is 11.9. The fourth-order valence-electron chi connectivity index (χ4n) is 2.09. The minimum atomic E-state index is -4.92. The number of rotatable bonds is 4. The van der Waals surface area contributed by atoms with Crippen molar-refractivity contribution in [3.05, 3.63) is 11.6 Å². The molecule has 2 heterocycles. The molecule has 3 amide bonds. The molecule has 4 N–H and O–H groups in total. The minimum Gasteiger partial charge on any atom is -0.394 e. The Labute approximate surface area is 107 Å².